The molecule has 1 aromatic carbocycles. The van der Waals surface area contributed by atoms with Crippen LogP contribution in [0, 0.1) is 10.7 Å². The second-order valence-corrected chi connectivity index (χ2v) is 7.06. The summed E-state index contributed by atoms with van der Waals surface area (Å²) in [5, 5.41) is 11.4. The predicted molar refractivity (Wildman–Crippen MR) is 95.4 cm³/mol. The molecule has 1 atom stereocenters. The normalized spacial score (nSPS) is 12.0. The molecule has 0 saturated carbocycles. The number of carbonyl (C=O) groups is 2. The first-order chi connectivity index (χ1) is 8.86. The number of nitrogens with one attached hydrogen (secondary N) is 1. The Morgan fingerprint density at radius 3 is 2.53 bits per heavy atom. The molecule has 1 aromatic rings. The third kappa shape index (κ3) is 4.97. The summed E-state index contributed by atoms with van der Waals surface area (Å²) >= 11 is 6.33. The van der Waals surface area contributed by atoms with Gasteiger partial charge in [-0.25, -0.2) is 4.79 Å². The number of amides is 1. The van der Waals surface area contributed by atoms with Gasteiger partial charge in [-0.15, -0.1) is 0 Å². The molecule has 2 N–H and O–H groups in total. The SMILES string of the molecule is COCC(NC(=O)c1cc(I)cc(I)c1I)C(=O)O. The van der Waals surface area contributed by atoms with Gasteiger partial charge in [-0.05, 0) is 79.9 Å². The van der Waals surface area contributed by atoms with Gasteiger partial charge >= 0.3 is 5.97 Å². The van der Waals surface area contributed by atoms with Crippen LogP contribution in [0.1, 0.15) is 10.4 Å². The highest BCUT2D eigenvalue weighted by Crippen LogP contribution is 2.22. The second kappa shape index (κ2) is 7.93. The Morgan fingerprint density at radius 1 is 1.37 bits per heavy atom. The van der Waals surface area contributed by atoms with Gasteiger partial charge in [0.15, 0.2) is 6.04 Å². The van der Waals surface area contributed by atoms with Crippen LogP contribution in [0.25, 0.3) is 0 Å². The van der Waals surface area contributed by atoms with Crippen molar-refractivity contribution in [1.29, 1.82) is 0 Å². The van der Waals surface area contributed by atoms with E-state index in [1.165, 1.54) is 7.11 Å². The average molecular weight is 601 g/mol. The Morgan fingerprint density at radius 2 is 2.00 bits per heavy atom. The molecule has 1 rings (SSSR count). The molecule has 0 spiro atoms. The zero-order valence-electron chi connectivity index (χ0n) is 9.75. The van der Waals surface area contributed by atoms with E-state index < -0.39 is 17.9 Å². The van der Waals surface area contributed by atoms with E-state index in [2.05, 4.69) is 73.1 Å². The van der Waals surface area contributed by atoms with Crippen molar-refractivity contribution in [2.45, 2.75) is 6.04 Å². The Balaban J connectivity index is 2.97. The summed E-state index contributed by atoms with van der Waals surface area (Å²) in [4.78, 5) is 23.1. The van der Waals surface area contributed by atoms with Crippen LogP contribution in [0.3, 0.4) is 0 Å². The highest BCUT2D eigenvalue weighted by Gasteiger charge is 2.22. The molecule has 0 fully saturated rings. The van der Waals surface area contributed by atoms with Crippen molar-refractivity contribution < 1.29 is 19.4 Å². The van der Waals surface area contributed by atoms with Gasteiger partial charge in [0.05, 0.1) is 12.2 Å². The van der Waals surface area contributed by atoms with Gasteiger partial charge in [-0.2, -0.15) is 0 Å². The van der Waals surface area contributed by atoms with Crippen molar-refractivity contribution in [3.05, 3.63) is 28.4 Å². The standard InChI is InChI=1S/C11H10I3NO4/c1-19-4-8(11(17)18)15-10(16)6-2-5(12)3-7(13)9(6)14/h2-3,8H,4H2,1H3,(H,15,16)(H,17,18). The van der Waals surface area contributed by atoms with Crippen LogP contribution in [0.15, 0.2) is 12.1 Å². The summed E-state index contributed by atoms with van der Waals surface area (Å²) in [6.07, 6.45) is 0. The van der Waals surface area contributed by atoms with E-state index in [4.69, 9.17) is 9.84 Å². The van der Waals surface area contributed by atoms with E-state index in [1.807, 2.05) is 6.07 Å². The van der Waals surface area contributed by atoms with Crippen molar-refractivity contribution in [1.82, 2.24) is 5.32 Å². The van der Waals surface area contributed by atoms with Crippen LogP contribution in [-0.4, -0.2) is 36.7 Å². The number of halogens is 3. The molecule has 1 amide bonds. The quantitative estimate of drug-likeness (QED) is 0.402. The molecule has 0 aliphatic rings. The first-order valence-electron chi connectivity index (χ1n) is 5.04. The Hall–Kier alpha value is 0.310. The molecule has 0 bridgehead atoms. The minimum Gasteiger partial charge on any atom is -0.480 e. The predicted octanol–water partition coefficient (Wildman–Crippen LogP) is 2.33. The molecule has 0 saturated heterocycles. The van der Waals surface area contributed by atoms with Gasteiger partial charge < -0.3 is 15.2 Å². The lowest BCUT2D eigenvalue weighted by Gasteiger charge is -2.14. The fourth-order valence-corrected chi connectivity index (χ4v) is 3.70. The Bertz CT molecular complexity index is 507. The molecule has 5 nitrogen and oxygen atoms in total. The molecule has 0 aliphatic carbocycles. The maximum Gasteiger partial charge on any atom is 0.328 e. The Labute approximate surface area is 151 Å². The molecular formula is C11H10I3NO4. The van der Waals surface area contributed by atoms with Gasteiger partial charge in [0.25, 0.3) is 5.91 Å². The molecule has 0 aliphatic heterocycles. The largest absolute Gasteiger partial charge is 0.480 e. The fourth-order valence-electron chi connectivity index (χ4n) is 1.30. The lowest BCUT2D eigenvalue weighted by Crippen LogP contribution is -2.44. The van der Waals surface area contributed by atoms with Gasteiger partial charge in [-0.3, -0.25) is 4.79 Å². The van der Waals surface area contributed by atoms with Crippen LogP contribution in [0.2, 0.25) is 0 Å². The van der Waals surface area contributed by atoms with Gasteiger partial charge in [0.2, 0.25) is 0 Å². The van der Waals surface area contributed by atoms with E-state index >= 15 is 0 Å². The van der Waals surface area contributed by atoms with Gasteiger partial charge in [0, 0.05) is 17.8 Å². The zero-order valence-corrected chi connectivity index (χ0v) is 16.2. The number of carboxylic acids is 1. The summed E-state index contributed by atoms with van der Waals surface area (Å²) in [5.41, 5.74) is 0.472. The molecule has 0 heterocycles. The average Bonchev–Trinajstić information content (AvgIpc) is 2.32. The van der Waals surface area contributed by atoms with E-state index in [9.17, 15) is 9.59 Å². The number of ether oxygens (including phenoxy) is 1. The summed E-state index contributed by atoms with van der Waals surface area (Å²) in [6.45, 7) is -0.0708. The number of carbonyl (C=O) groups excluding carboxylic acids is 1. The van der Waals surface area contributed by atoms with E-state index in [0.29, 0.717) is 5.56 Å². The van der Waals surface area contributed by atoms with Gasteiger partial charge in [0.1, 0.15) is 0 Å². The number of aliphatic carboxylic acids is 1. The number of hydrogen-bond donors (Lipinski definition) is 2. The topological polar surface area (TPSA) is 75.6 Å². The first-order valence-corrected chi connectivity index (χ1v) is 8.27. The molecule has 104 valence electrons. The lowest BCUT2D eigenvalue weighted by molar-refractivity contribution is -0.140. The monoisotopic (exact) mass is 601 g/mol. The molecule has 0 radical (unpaired) electrons. The maximum atomic E-state index is 12.1. The van der Waals surface area contributed by atoms with Crippen molar-refractivity contribution in [2.24, 2.45) is 0 Å². The number of benzene rings is 1. The van der Waals surface area contributed by atoms with Gasteiger partial charge in [-0.1, -0.05) is 0 Å². The van der Waals surface area contributed by atoms with E-state index in [0.717, 1.165) is 10.7 Å². The van der Waals surface area contributed by atoms with Crippen LogP contribution in [-0.2, 0) is 9.53 Å². The van der Waals surface area contributed by atoms with Crippen molar-refractivity contribution in [3.63, 3.8) is 0 Å². The van der Waals surface area contributed by atoms with E-state index in [1.54, 1.807) is 6.07 Å². The van der Waals surface area contributed by atoms with Crippen molar-refractivity contribution in [2.75, 3.05) is 13.7 Å². The lowest BCUT2D eigenvalue weighted by atomic mass is 10.2. The third-order valence-corrected chi connectivity index (χ3v) is 5.84. The summed E-state index contributed by atoms with van der Waals surface area (Å²) < 4.78 is 7.46. The summed E-state index contributed by atoms with van der Waals surface area (Å²) in [7, 11) is 1.39. The van der Waals surface area contributed by atoms with Crippen LogP contribution in [0.4, 0.5) is 0 Å². The highest BCUT2D eigenvalue weighted by atomic mass is 127. The second-order valence-electron chi connectivity index (χ2n) is 3.57. The molecule has 19 heavy (non-hydrogen) atoms. The Kier molecular flexibility index (Phi) is 7.24. The molecule has 0 aromatic heterocycles. The van der Waals surface area contributed by atoms with Crippen LogP contribution in [0.5, 0.6) is 0 Å². The minimum atomic E-state index is -1.12. The maximum absolute atomic E-state index is 12.1. The molecule has 1 unspecified atom stereocenters. The zero-order chi connectivity index (χ0) is 14.6. The third-order valence-electron chi connectivity index (χ3n) is 2.17. The first kappa shape index (κ1) is 17.4. The number of hydrogen-bond acceptors (Lipinski definition) is 3. The molecular weight excluding hydrogens is 591 g/mol. The highest BCUT2D eigenvalue weighted by molar-refractivity contribution is 14.1. The molecule has 8 heteroatoms. The van der Waals surface area contributed by atoms with Crippen molar-refractivity contribution >= 4 is 79.6 Å². The number of rotatable bonds is 5. The van der Waals surface area contributed by atoms with E-state index in [-0.39, 0.29) is 6.61 Å². The van der Waals surface area contributed by atoms with Crippen LogP contribution < -0.4 is 5.32 Å². The van der Waals surface area contributed by atoms with Crippen molar-refractivity contribution in [3.8, 4) is 0 Å². The minimum absolute atomic E-state index is 0.0708. The number of carboxylic acid groups (broad SMARTS) is 1. The smallest absolute Gasteiger partial charge is 0.328 e. The summed E-state index contributed by atoms with van der Waals surface area (Å²) in [6, 6.07) is 2.62. The fraction of sp³-hybridized carbons (Fsp3) is 0.273. The number of methoxy groups -OCH3 is 1. The van der Waals surface area contributed by atoms with Crippen LogP contribution >= 0.6 is 67.8 Å². The summed E-state index contributed by atoms with van der Waals surface area (Å²) in [5.74, 6) is -1.53.